The van der Waals surface area contributed by atoms with Crippen LogP contribution in [0.3, 0.4) is 0 Å². The predicted molar refractivity (Wildman–Crippen MR) is 151 cm³/mol. The quantitative estimate of drug-likeness (QED) is 0.221. The van der Waals surface area contributed by atoms with Gasteiger partial charge in [0.15, 0.2) is 11.5 Å². The molecule has 0 bridgehead atoms. The summed E-state index contributed by atoms with van der Waals surface area (Å²) in [5.74, 6) is -0.973. The number of phenols is 2. The Bertz CT molecular complexity index is 1590. The zero-order valence-electron chi connectivity index (χ0n) is 23.0. The van der Waals surface area contributed by atoms with Crippen LogP contribution in [-0.2, 0) is 17.1 Å². The molecule has 0 spiro atoms. The van der Waals surface area contributed by atoms with E-state index in [1.54, 1.807) is 36.4 Å². The van der Waals surface area contributed by atoms with Crippen molar-refractivity contribution in [3.05, 3.63) is 83.9 Å². The third kappa shape index (κ3) is 5.87. The van der Waals surface area contributed by atoms with Crippen molar-refractivity contribution in [2.24, 2.45) is 0 Å². The number of halogens is 6. The summed E-state index contributed by atoms with van der Waals surface area (Å²) in [5.41, 5.74) is 0.863. The average Bonchev–Trinajstić information content (AvgIpc) is 2.97. The number of hydrogen-bond donors (Lipinski definition) is 2. The Morgan fingerprint density at radius 1 is 0.591 bits per heavy atom. The van der Waals surface area contributed by atoms with Gasteiger partial charge >= 0.3 is 12.4 Å². The van der Waals surface area contributed by atoms with E-state index in [9.17, 15) is 36.6 Å². The van der Waals surface area contributed by atoms with Gasteiger partial charge in [0.05, 0.1) is 35.7 Å². The van der Waals surface area contributed by atoms with Gasteiger partial charge in [0, 0.05) is 26.2 Å². The maximum atomic E-state index is 13.2. The number of aromatic hydroxyl groups is 2. The molecule has 0 amide bonds. The third-order valence-corrected chi connectivity index (χ3v) is 7.74. The Labute approximate surface area is 248 Å². The van der Waals surface area contributed by atoms with Gasteiger partial charge in [-0.15, -0.1) is 0 Å². The van der Waals surface area contributed by atoms with Crippen molar-refractivity contribution in [1.29, 1.82) is 0 Å². The second-order valence-corrected chi connectivity index (χ2v) is 10.5. The minimum Gasteiger partial charge on any atom is -0.507 e. The highest BCUT2D eigenvalue weighted by molar-refractivity contribution is 5.84. The molecule has 4 aromatic rings. The molecule has 2 N–H and O–H groups in total. The molecule has 0 saturated carbocycles. The van der Waals surface area contributed by atoms with E-state index in [4.69, 9.17) is 9.47 Å². The fourth-order valence-electron chi connectivity index (χ4n) is 5.45. The average molecular weight is 617 g/mol. The number of nitrogens with zero attached hydrogens (tertiary/aromatic N) is 2. The van der Waals surface area contributed by atoms with Crippen LogP contribution in [-0.4, -0.2) is 54.5 Å². The summed E-state index contributed by atoms with van der Waals surface area (Å²) in [6.45, 7) is 4.06. The first-order valence-corrected chi connectivity index (χ1v) is 13.7. The number of ether oxygens (including phenoxy) is 2. The van der Waals surface area contributed by atoms with Gasteiger partial charge in [0.1, 0.15) is 11.5 Å². The summed E-state index contributed by atoms with van der Waals surface area (Å²) in [5, 5.41) is 20.1. The van der Waals surface area contributed by atoms with E-state index in [0.717, 1.165) is 37.4 Å². The Morgan fingerprint density at radius 2 is 1.02 bits per heavy atom. The molecule has 44 heavy (non-hydrogen) atoms. The van der Waals surface area contributed by atoms with E-state index < -0.39 is 35.0 Å². The zero-order valence-corrected chi connectivity index (χ0v) is 23.0. The zero-order chi connectivity index (χ0) is 31.2. The van der Waals surface area contributed by atoms with Gasteiger partial charge < -0.3 is 24.6 Å². The number of rotatable bonds is 5. The van der Waals surface area contributed by atoms with Crippen molar-refractivity contribution in [3.63, 3.8) is 0 Å². The SMILES string of the molecule is Oc1cc(-c2ccc3c(c2)Oc2cc(-c4ccc(C(F)(F)F)c(O)c4)ccc2N3CCN2CCOCC2)ccc1C(F)(F)F. The normalized spacial score (nSPS) is 15.5. The molecule has 1 saturated heterocycles. The van der Waals surface area contributed by atoms with Crippen LogP contribution in [0.5, 0.6) is 23.0 Å². The van der Waals surface area contributed by atoms with Crippen molar-refractivity contribution in [1.82, 2.24) is 4.90 Å². The first kappa shape index (κ1) is 29.6. The lowest BCUT2D eigenvalue weighted by Crippen LogP contribution is -2.41. The minimum atomic E-state index is -4.70. The highest BCUT2D eigenvalue weighted by atomic mass is 19.4. The maximum absolute atomic E-state index is 13.2. The lowest BCUT2D eigenvalue weighted by atomic mass is 9.99. The minimum absolute atomic E-state index is 0.349. The molecule has 1 fully saturated rings. The van der Waals surface area contributed by atoms with Crippen LogP contribution in [0.15, 0.2) is 72.8 Å². The summed E-state index contributed by atoms with van der Waals surface area (Å²) in [7, 11) is 0. The maximum Gasteiger partial charge on any atom is 0.419 e. The summed E-state index contributed by atoms with van der Waals surface area (Å²) in [6.07, 6.45) is -9.40. The molecule has 4 aromatic carbocycles. The first-order chi connectivity index (χ1) is 20.9. The fourth-order valence-corrected chi connectivity index (χ4v) is 5.45. The van der Waals surface area contributed by atoms with Gasteiger partial charge in [-0.05, 0) is 70.8 Å². The second kappa shape index (κ2) is 11.3. The molecule has 0 atom stereocenters. The molecule has 0 radical (unpaired) electrons. The van der Waals surface area contributed by atoms with Crippen LogP contribution >= 0.6 is 0 Å². The van der Waals surface area contributed by atoms with Crippen molar-refractivity contribution in [2.75, 3.05) is 44.3 Å². The van der Waals surface area contributed by atoms with Gasteiger partial charge in [0.2, 0.25) is 0 Å². The molecular formula is C32H26F6N2O4. The van der Waals surface area contributed by atoms with Crippen LogP contribution in [0.1, 0.15) is 11.1 Å². The van der Waals surface area contributed by atoms with Crippen LogP contribution in [0.25, 0.3) is 22.3 Å². The largest absolute Gasteiger partial charge is 0.507 e. The molecule has 2 heterocycles. The van der Waals surface area contributed by atoms with Crippen molar-refractivity contribution in [2.45, 2.75) is 12.4 Å². The van der Waals surface area contributed by atoms with E-state index in [2.05, 4.69) is 4.90 Å². The molecule has 2 aliphatic heterocycles. The molecule has 2 aliphatic rings. The number of alkyl halides is 6. The monoisotopic (exact) mass is 616 g/mol. The number of anilines is 2. The number of morpholine rings is 1. The van der Waals surface area contributed by atoms with Crippen molar-refractivity contribution < 1.29 is 46.0 Å². The highest BCUT2D eigenvalue weighted by Gasteiger charge is 2.35. The molecule has 12 heteroatoms. The van der Waals surface area contributed by atoms with Gasteiger partial charge in [-0.2, -0.15) is 26.3 Å². The molecule has 6 rings (SSSR count). The van der Waals surface area contributed by atoms with Crippen molar-refractivity contribution >= 4 is 11.4 Å². The van der Waals surface area contributed by atoms with E-state index in [1.807, 2.05) is 4.90 Å². The van der Waals surface area contributed by atoms with Gasteiger partial charge in [0.25, 0.3) is 0 Å². The standard InChI is InChI=1S/C32H26F6N2O4/c33-31(34,35)23-5-1-19(15-27(23)41)21-3-7-25-29(17-21)44-30-18-22(20-2-6-24(28(42)16-20)32(36,37)38)4-8-26(30)40(25)10-9-39-11-13-43-14-12-39/h1-8,15-18,41-42H,9-14H2. The lowest BCUT2D eigenvalue weighted by Gasteiger charge is -2.35. The van der Waals surface area contributed by atoms with Crippen molar-refractivity contribution in [3.8, 4) is 45.3 Å². The Morgan fingerprint density at radius 3 is 1.45 bits per heavy atom. The number of hydrogen-bond acceptors (Lipinski definition) is 6. The van der Waals surface area contributed by atoms with E-state index in [1.165, 1.54) is 12.1 Å². The molecule has 230 valence electrons. The fraction of sp³-hybridized carbons (Fsp3) is 0.250. The van der Waals surface area contributed by atoms with Crippen LogP contribution in [0.2, 0.25) is 0 Å². The number of fused-ring (bicyclic) bond motifs is 2. The van der Waals surface area contributed by atoms with E-state index in [0.29, 0.717) is 71.4 Å². The topological polar surface area (TPSA) is 65.4 Å². The van der Waals surface area contributed by atoms with Gasteiger partial charge in [-0.1, -0.05) is 24.3 Å². The summed E-state index contributed by atoms with van der Waals surface area (Å²) in [6, 6.07) is 16.7. The second-order valence-electron chi connectivity index (χ2n) is 10.5. The number of benzene rings is 4. The molecule has 0 unspecified atom stereocenters. The van der Waals surface area contributed by atoms with Gasteiger partial charge in [-0.3, -0.25) is 4.90 Å². The van der Waals surface area contributed by atoms with E-state index in [-0.39, 0.29) is 0 Å². The van der Waals surface area contributed by atoms with E-state index >= 15 is 0 Å². The number of phenolic OH excluding ortho intramolecular Hbond substituents is 2. The first-order valence-electron chi connectivity index (χ1n) is 13.7. The smallest absolute Gasteiger partial charge is 0.419 e. The highest BCUT2D eigenvalue weighted by Crippen LogP contribution is 2.50. The van der Waals surface area contributed by atoms with Crippen LogP contribution < -0.4 is 9.64 Å². The van der Waals surface area contributed by atoms with Gasteiger partial charge in [-0.25, -0.2) is 0 Å². The predicted octanol–water partition coefficient (Wildman–Crippen LogP) is 8.05. The lowest BCUT2D eigenvalue weighted by molar-refractivity contribution is -0.139. The molecule has 6 nitrogen and oxygen atoms in total. The molecular weight excluding hydrogens is 590 g/mol. The van der Waals surface area contributed by atoms with Crippen LogP contribution in [0, 0.1) is 0 Å². The summed E-state index contributed by atoms with van der Waals surface area (Å²) in [4.78, 5) is 4.31. The Balaban J connectivity index is 1.37. The molecule has 0 aromatic heterocycles. The Kier molecular flexibility index (Phi) is 7.58. The van der Waals surface area contributed by atoms with Crippen LogP contribution in [0.4, 0.5) is 37.7 Å². The third-order valence-electron chi connectivity index (χ3n) is 7.74. The summed E-state index contributed by atoms with van der Waals surface area (Å²) >= 11 is 0. The molecule has 0 aliphatic carbocycles. The Hall–Kier alpha value is -4.42. The summed E-state index contributed by atoms with van der Waals surface area (Å²) < 4.78 is 90.9.